The quantitative estimate of drug-likeness (QED) is 0.256. The van der Waals surface area contributed by atoms with Gasteiger partial charge in [0, 0.05) is 35.4 Å². The lowest BCUT2D eigenvalue weighted by atomic mass is 9.75. The molecule has 5 rings (SSSR count). The molecule has 1 N–H and O–H groups in total. The fraction of sp³-hybridized carbons (Fsp3) is 0.273. The highest BCUT2D eigenvalue weighted by Crippen LogP contribution is 2.62. The number of ether oxygens (including phenoxy) is 5. The van der Waals surface area contributed by atoms with Crippen LogP contribution in [0.3, 0.4) is 0 Å². The zero-order valence-corrected chi connectivity index (χ0v) is 23.2. The van der Waals surface area contributed by atoms with Crippen LogP contribution in [0.1, 0.15) is 51.7 Å². The Morgan fingerprint density at radius 3 is 1.75 bits per heavy atom. The average Bonchev–Trinajstić information content (AvgIpc) is 3.35. The number of fused-ring (bicyclic) bond motifs is 1. The van der Waals surface area contributed by atoms with E-state index in [0.29, 0.717) is 28.6 Å². The van der Waals surface area contributed by atoms with E-state index in [-0.39, 0.29) is 17.7 Å². The molecule has 0 saturated carbocycles. The Hall–Kier alpha value is -4.23. The summed E-state index contributed by atoms with van der Waals surface area (Å²) in [4.78, 5) is 0. The van der Waals surface area contributed by atoms with E-state index in [1.165, 1.54) is 12.1 Å². The highest BCUT2D eigenvalue weighted by atomic mass is 19.1. The van der Waals surface area contributed by atoms with Crippen molar-refractivity contribution in [3.63, 3.8) is 0 Å². The van der Waals surface area contributed by atoms with Gasteiger partial charge >= 0.3 is 0 Å². The van der Waals surface area contributed by atoms with Gasteiger partial charge in [-0.15, -0.1) is 0 Å². The maximum Gasteiger partial charge on any atom is 0.126 e. The third kappa shape index (κ3) is 4.93. The minimum absolute atomic E-state index is 0.223. The van der Waals surface area contributed by atoms with Crippen LogP contribution in [0, 0.1) is 5.82 Å². The first-order valence-electron chi connectivity index (χ1n) is 13.0. The third-order valence-electron chi connectivity index (χ3n) is 7.80. The molecule has 0 heterocycles. The summed E-state index contributed by atoms with van der Waals surface area (Å²) in [6.07, 6.45) is -0.971. The van der Waals surface area contributed by atoms with Crippen molar-refractivity contribution in [2.45, 2.75) is 23.9 Å². The molecule has 4 aromatic carbocycles. The zero-order chi connectivity index (χ0) is 28.4. The smallest absolute Gasteiger partial charge is 0.126 e. The molecule has 4 aromatic rings. The molecule has 4 atom stereocenters. The summed E-state index contributed by atoms with van der Waals surface area (Å²) in [6.45, 7) is 0. The van der Waals surface area contributed by atoms with Crippen LogP contribution in [-0.2, 0) is 0 Å². The monoisotopic (exact) mass is 544 g/mol. The van der Waals surface area contributed by atoms with E-state index in [4.69, 9.17) is 23.7 Å². The summed E-state index contributed by atoms with van der Waals surface area (Å²) < 4.78 is 42.1. The van der Waals surface area contributed by atoms with Crippen molar-refractivity contribution < 1.29 is 33.2 Å². The SMILES string of the molecule is COc1ccc([C@@H]2c3c(OC)cc(OC)cc3C(C(O)c3ccc(F)cc3)[C@H]2c2cc(OC)cc(OC)c2)cc1. The van der Waals surface area contributed by atoms with Gasteiger partial charge in [0.1, 0.15) is 34.6 Å². The third-order valence-corrected chi connectivity index (χ3v) is 7.80. The van der Waals surface area contributed by atoms with Gasteiger partial charge in [0.05, 0.1) is 41.7 Å². The molecule has 0 aromatic heterocycles. The molecule has 6 nitrogen and oxygen atoms in total. The highest BCUT2D eigenvalue weighted by Gasteiger charge is 2.48. The molecule has 0 aliphatic heterocycles. The van der Waals surface area contributed by atoms with E-state index in [1.54, 1.807) is 47.7 Å². The minimum Gasteiger partial charge on any atom is -0.497 e. The lowest BCUT2D eigenvalue weighted by Crippen LogP contribution is -2.18. The second-order valence-corrected chi connectivity index (χ2v) is 9.78. The first kappa shape index (κ1) is 27.3. The van der Waals surface area contributed by atoms with E-state index in [0.717, 1.165) is 28.0 Å². The van der Waals surface area contributed by atoms with Crippen LogP contribution in [0.4, 0.5) is 4.39 Å². The van der Waals surface area contributed by atoms with Crippen molar-refractivity contribution in [1.29, 1.82) is 0 Å². The Labute approximate surface area is 233 Å². The molecule has 208 valence electrons. The summed E-state index contributed by atoms with van der Waals surface area (Å²) in [7, 11) is 8.10. The van der Waals surface area contributed by atoms with Crippen LogP contribution >= 0.6 is 0 Å². The second kappa shape index (κ2) is 11.5. The number of methoxy groups -OCH3 is 5. The van der Waals surface area contributed by atoms with Gasteiger partial charge in [-0.05, 0) is 64.7 Å². The molecule has 1 aliphatic carbocycles. The first-order valence-corrected chi connectivity index (χ1v) is 13.0. The number of aliphatic hydroxyl groups excluding tert-OH is 1. The van der Waals surface area contributed by atoms with Crippen molar-refractivity contribution in [2.75, 3.05) is 35.5 Å². The van der Waals surface area contributed by atoms with E-state index < -0.39 is 12.0 Å². The average molecular weight is 545 g/mol. The van der Waals surface area contributed by atoms with E-state index in [2.05, 4.69) is 0 Å². The van der Waals surface area contributed by atoms with Gasteiger partial charge in [-0.1, -0.05) is 24.3 Å². The van der Waals surface area contributed by atoms with Gasteiger partial charge < -0.3 is 28.8 Å². The zero-order valence-electron chi connectivity index (χ0n) is 23.2. The molecule has 40 heavy (non-hydrogen) atoms. The number of hydrogen-bond donors (Lipinski definition) is 1. The molecular formula is C33H33FO6. The van der Waals surface area contributed by atoms with Crippen LogP contribution < -0.4 is 23.7 Å². The standard InChI is InChI=1S/C33H33FO6/c1-36-23-12-8-19(9-13-23)29-30(21-14-24(37-2)16-25(15-21)38-3)32(33(35)20-6-10-22(34)11-7-20)27-17-26(39-4)18-28(40-5)31(27)29/h6-18,29-30,32-33,35H,1-5H3/t29-,30-,32?,33?/m0/s1. The van der Waals surface area contributed by atoms with Crippen molar-refractivity contribution in [3.8, 4) is 28.7 Å². The minimum atomic E-state index is -0.971. The van der Waals surface area contributed by atoms with Gasteiger partial charge in [-0.2, -0.15) is 0 Å². The topological polar surface area (TPSA) is 66.4 Å². The number of rotatable bonds is 9. The fourth-order valence-corrected chi connectivity index (χ4v) is 5.94. The Morgan fingerprint density at radius 1 is 0.625 bits per heavy atom. The second-order valence-electron chi connectivity index (χ2n) is 9.78. The normalized spacial score (nSPS) is 18.5. The van der Waals surface area contributed by atoms with Gasteiger partial charge in [-0.3, -0.25) is 0 Å². The van der Waals surface area contributed by atoms with Crippen LogP contribution in [0.2, 0.25) is 0 Å². The maximum atomic E-state index is 13.9. The summed E-state index contributed by atoms with van der Waals surface area (Å²) in [5.74, 6) is 1.97. The lowest BCUT2D eigenvalue weighted by Gasteiger charge is -2.30. The number of hydrogen-bond acceptors (Lipinski definition) is 6. The van der Waals surface area contributed by atoms with Crippen molar-refractivity contribution in [2.24, 2.45) is 0 Å². The van der Waals surface area contributed by atoms with Gasteiger partial charge in [0.25, 0.3) is 0 Å². The predicted octanol–water partition coefficient (Wildman–Crippen LogP) is 6.62. The van der Waals surface area contributed by atoms with Crippen LogP contribution in [0.15, 0.2) is 78.9 Å². The Kier molecular flexibility index (Phi) is 7.85. The van der Waals surface area contributed by atoms with Gasteiger partial charge in [0.2, 0.25) is 0 Å². The van der Waals surface area contributed by atoms with Crippen molar-refractivity contribution >= 4 is 0 Å². The molecule has 0 spiro atoms. The first-order chi connectivity index (χ1) is 19.4. The fourth-order valence-electron chi connectivity index (χ4n) is 5.94. The largest absolute Gasteiger partial charge is 0.497 e. The van der Waals surface area contributed by atoms with Crippen LogP contribution in [0.5, 0.6) is 28.7 Å². The Morgan fingerprint density at radius 2 is 1.20 bits per heavy atom. The lowest BCUT2D eigenvalue weighted by molar-refractivity contribution is 0.134. The Balaban J connectivity index is 1.81. The number of aliphatic hydroxyl groups is 1. The summed E-state index contributed by atoms with van der Waals surface area (Å²) in [6, 6.07) is 23.5. The molecule has 0 amide bonds. The van der Waals surface area contributed by atoms with E-state index in [1.807, 2.05) is 54.6 Å². The molecule has 0 fully saturated rings. The molecule has 1 aliphatic rings. The summed E-state index contributed by atoms with van der Waals surface area (Å²) >= 11 is 0. The summed E-state index contributed by atoms with van der Waals surface area (Å²) in [5, 5.41) is 12.0. The van der Waals surface area contributed by atoms with Gasteiger partial charge in [0.15, 0.2) is 0 Å². The van der Waals surface area contributed by atoms with Crippen molar-refractivity contribution in [1.82, 2.24) is 0 Å². The maximum absolute atomic E-state index is 13.9. The molecule has 0 saturated heterocycles. The van der Waals surface area contributed by atoms with Crippen molar-refractivity contribution in [3.05, 3.63) is 112 Å². The van der Waals surface area contributed by atoms with Gasteiger partial charge in [-0.25, -0.2) is 4.39 Å². The number of benzene rings is 4. The summed E-state index contributed by atoms with van der Waals surface area (Å²) in [5.41, 5.74) is 4.38. The molecule has 7 heteroatoms. The molecule has 0 radical (unpaired) electrons. The van der Waals surface area contributed by atoms with Crippen LogP contribution in [-0.4, -0.2) is 40.7 Å². The van der Waals surface area contributed by atoms with E-state index >= 15 is 0 Å². The van der Waals surface area contributed by atoms with Crippen LogP contribution in [0.25, 0.3) is 0 Å². The Bertz CT molecular complexity index is 1450. The predicted molar refractivity (Wildman–Crippen MR) is 151 cm³/mol. The number of halogens is 1. The molecule has 0 bridgehead atoms. The highest BCUT2D eigenvalue weighted by molar-refractivity contribution is 5.61. The molecule has 2 unspecified atom stereocenters. The van der Waals surface area contributed by atoms with E-state index in [9.17, 15) is 9.50 Å². The molecular weight excluding hydrogens is 511 g/mol.